The van der Waals surface area contributed by atoms with Crippen molar-refractivity contribution < 1.29 is 22.4 Å². The van der Waals surface area contributed by atoms with Gasteiger partial charge in [-0.05, 0) is 42.5 Å². The van der Waals surface area contributed by atoms with Gasteiger partial charge in [-0.25, -0.2) is 17.5 Å². The molecule has 0 heterocycles. The number of benzene rings is 2. The van der Waals surface area contributed by atoms with E-state index in [1.165, 1.54) is 13.0 Å². The minimum atomic E-state index is -3.92. The number of nitrogens with one attached hydrogen (secondary N) is 3. The first kappa shape index (κ1) is 18.6. The number of halogens is 1. The number of sulfonamides is 1. The van der Waals surface area contributed by atoms with Crippen LogP contribution < -0.4 is 15.4 Å². The average molecular weight is 365 g/mol. The third-order valence-corrected chi connectivity index (χ3v) is 4.43. The summed E-state index contributed by atoms with van der Waals surface area (Å²) in [6, 6.07) is 10.6. The molecule has 0 atom stereocenters. The summed E-state index contributed by atoms with van der Waals surface area (Å²) < 4.78 is 39.0. The lowest BCUT2D eigenvalue weighted by Gasteiger charge is -2.09. The lowest BCUT2D eigenvalue weighted by Crippen LogP contribution is -2.32. The summed E-state index contributed by atoms with van der Waals surface area (Å²) in [5, 5.41) is 5.08. The molecule has 0 aromatic heterocycles. The number of hydrogen-bond donors (Lipinski definition) is 3. The molecule has 2 amide bonds. The summed E-state index contributed by atoms with van der Waals surface area (Å²) in [5.41, 5.74) is 0.898. The lowest BCUT2D eigenvalue weighted by atomic mass is 10.2. The zero-order chi connectivity index (χ0) is 18.4. The van der Waals surface area contributed by atoms with Crippen LogP contribution in [-0.4, -0.2) is 26.8 Å². The third kappa shape index (κ3) is 5.66. The van der Waals surface area contributed by atoms with Crippen molar-refractivity contribution in [3.63, 3.8) is 0 Å². The minimum Gasteiger partial charge on any atom is -0.326 e. The van der Waals surface area contributed by atoms with Crippen LogP contribution in [0.15, 0.2) is 53.4 Å². The van der Waals surface area contributed by atoms with E-state index >= 15 is 0 Å². The van der Waals surface area contributed by atoms with Crippen molar-refractivity contribution in [2.24, 2.45) is 0 Å². The summed E-state index contributed by atoms with van der Waals surface area (Å²) >= 11 is 0. The van der Waals surface area contributed by atoms with Gasteiger partial charge in [-0.1, -0.05) is 6.07 Å². The molecule has 7 nitrogen and oxygen atoms in total. The zero-order valence-corrected chi connectivity index (χ0v) is 14.1. The fourth-order valence-electron chi connectivity index (χ4n) is 1.94. The SMILES string of the molecule is CC(=O)Nc1cccc(NC(=O)CNS(=O)(=O)c2ccc(F)cc2)c1. The highest BCUT2D eigenvalue weighted by atomic mass is 32.2. The van der Waals surface area contributed by atoms with Crippen LogP contribution in [0.5, 0.6) is 0 Å². The molecular formula is C16H16FN3O4S. The van der Waals surface area contributed by atoms with E-state index in [1.54, 1.807) is 18.2 Å². The normalized spacial score (nSPS) is 11.0. The van der Waals surface area contributed by atoms with Crippen molar-refractivity contribution in [2.45, 2.75) is 11.8 Å². The molecule has 3 N–H and O–H groups in total. The zero-order valence-electron chi connectivity index (χ0n) is 13.2. The Bertz CT molecular complexity index is 883. The molecule has 25 heavy (non-hydrogen) atoms. The van der Waals surface area contributed by atoms with Gasteiger partial charge in [0.2, 0.25) is 21.8 Å². The maximum atomic E-state index is 12.8. The Morgan fingerprint density at radius 3 is 2.20 bits per heavy atom. The molecule has 0 spiro atoms. The van der Waals surface area contributed by atoms with Crippen molar-refractivity contribution >= 4 is 33.2 Å². The highest BCUT2D eigenvalue weighted by molar-refractivity contribution is 7.89. The fraction of sp³-hybridized carbons (Fsp3) is 0.125. The fourth-order valence-corrected chi connectivity index (χ4v) is 2.92. The molecule has 0 aliphatic carbocycles. The van der Waals surface area contributed by atoms with Crippen molar-refractivity contribution in [3.05, 3.63) is 54.3 Å². The Balaban J connectivity index is 1.96. The van der Waals surface area contributed by atoms with Gasteiger partial charge in [0.05, 0.1) is 11.4 Å². The van der Waals surface area contributed by atoms with Gasteiger partial charge in [-0.3, -0.25) is 9.59 Å². The number of rotatable bonds is 6. The van der Waals surface area contributed by atoms with Crippen LogP contribution >= 0.6 is 0 Å². The number of amides is 2. The molecule has 2 aromatic rings. The quantitative estimate of drug-likeness (QED) is 0.725. The Kier molecular flexibility index (Phi) is 5.84. The predicted octanol–water partition coefficient (Wildman–Crippen LogP) is 1.70. The second-order valence-electron chi connectivity index (χ2n) is 5.09. The largest absolute Gasteiger partial charge is 0.326 e. The smallest absolute Gasteiger partial charge is 0.241 e. The molecule has 0 unspecified atom stereocenters. The molecular weight excluding hydrogens is 349 g/mol. The Morgan fingerprint density at radius 1 is 1.00 bits per heavy atom. The first-order valence-corrected chi connectivity index (χ1v) is 8.67. The van der Waals surface area contributed by atoms with Crippen LogP contribution in [0.25, 0.3) is 0 Å². The van der Waals surface area contributed by atoms with Crippen molar-refractivity contribution in [1.29, 1.82) is 0 Å². The van der Waals surface area contributed by atoms with E-state index in [0.29, 0.717) is 11.4 Å². The standard InChI is InChI=1S/C16H16FN3O4S/c1-11(21)19-13-3-2-4-14(9-13)20-16(22)10-18-25(23,24)15-7-5-12(17)6-8-15/h2-9,18H,10H2,1H3,(H,19,21)(H,20,22). The van der Waals surface area contributed by atoms with Crippen molar-refractivity contribution in [2.75, 3.05) is 17.2 Å². The van der Waals surface area contributed by atoms with Crippen LogP contribution in [0.3, 0.4) is 0 Å². The topological polar surface area (TPSA) is 104 Å². The maximum Gasteiger partial charge on any atom is 0.241 e. The molecule has 9 heteroatoms. The number of hydrogen-bond acceptors (Lipinski definition) is 4. The molecule has 2 aromatic carbocycles. The lowest BCUT2D eigenvalue weighted by molar-refractivity contribution is -0.115. The second kappa shape index (κ2) is 7.86. The van der Waals surface area contributed by atoms with Gasteiger partial charge in [0.25, 0.3) is 0 Å². The summed E-state index contributed by atoms with van der Waals surface area (Å²) in [6.45, 7) is 0.861. The van der Waals surface area contributed by atoms with Gasteiger partial charge in [0, 0.05) is 18.3 Å². The second-order valence-corrected chi connectivity index (χ2v) is 6.86. The number of carbonyl (C=O) groups is 2. The predicted molar refractivity (Wildman–Crippen MR) is 91.0 cm³/mol. The van der Waals surface area contributed by atoms with E-state index in [-0.39, 0.29) is 10.8 Å². The van der Waals surface area contributed by atoms with E-state index in [4.69, 9.17) is 0 Å². The van der Waals surface area contributed by atoms with Gasteiger partial charge in [-0.2, -0.15) is 0 Å². The molecule has 0 bridgehead atoms. The monoisotopic (exact) mass is 365 g/mol. The average Bonchev–Trinajstić information content (AvgIpc) is 2.53. The minimum absolute atomic E-state index is 0.144. The molecule has 2 rings (SSSR count). The van der Waals surface area contributed by atoms with Gasteiger partial charge < -0.3 is 10.6 Å². The van der Waals surface area contributed by atoms with E-state index in [1.807, 2.05) is 0 Å². The van der Waals surface area contributed by atoms with E-state index < -0.39 is 28.3 Å². The highest BCUT2D eigenvalue weighted by Crippen LogP contribution is 2.15. The van der Waals surface area contributed by atoms with Crippen LogP contribution in [0.2, 0.25) is 0 Å². The van der Waals surface area contributed by atoms with Gasteiger partial charge in [-0.15, -0.1) is 0 Å². The van der Waals surface area contributed by atoms with Gasteiger partial charge in [0.15, 0.2) is 0 Å². The van der Waals surface area contributed by atoms with Crippen molar-refractivity contribution in [1.82, 2.24) is 4.72 Å². The third-order valence-electron chi connectivity index (χ3n) is 3.01. The van der Waals surface area contributed by atoms with Crippen LogP contribution in [-0.2, 0) is 19.6 Å². The van der Waals surface area contributed by atoms with E-state index in [0.717, 1.165) is 24.3 Å². The number of carbonyl (C=O) groups excluding carboxylic acids is 2. The summed E-state index contributed by atoms with van der Waals surface area (Å²) in [7, 11) is -3.92. The highest BCUT2D eigenvalue weighted by Gasteiger charge is 2.15. The summed E-state index contributed by atoms with van der Waals surface area (Å²) in [6.07, 6.45) is 0. The first-order valence-electron chi connectivity index (χ1n) is 7.19. The summed E-state index contributed by atoms with van der Waals surface area (Å²) in [4.78, 5) is 22.8. The molecule has 0 fully saturated rings. The van der Waals surface area contributed by atoms with Gasteiger partial charge in [0.1, 0.15) is 5.82 Å². The van der Waals surface area contributed by atoms with Crippen LogP contribution in [0.4, 0.5) is 15.8 Å². The molecule has 0 aliphatic rings. The molecule has 0 saturated heterocycles. The molecule has 0 saturated carbocycles. The molecule has 0 radical (unpaired) electrons. The Morgan fingerprint density at radius 2 is 1.60 bits per heavy atom. The Labute approximate surface area is 144 Å². The molecule has 132 valence electrons. The maximum absolute atomic E-state index is 12.8. The summed E-state index contributed by atoms with van der Waals surface area (Å²) in [5.74, 6) is -1.41. The number of anilines is 2. The van der Waals surface area contributed by atoms with E-state index in [2.05, 4.69) is 15.4 Å². The van der Waals surface area contributed by atoms with E-state index in [9.17, 15) is 22.4 Å². The Hall–Kier alpha value is -2.78. The first-order chi connectivity index (χ1) is 11.8. The van der Waals surface area contributed by atoms with Crippen LogP contribution in [0.1, 0.15) is 6.92 Å². The molecule has 0 aliphatic heterocycles. The van der Waals surface area contributed by atoms with Crippen LogP contribution in [0, 0.1) is 5.82 Å². The van der Waals surface area contributed by atoms with Gasteiger partial charge >= 0.3 is 0 Å². The van der Waals surface area contributed by atoms with Crippen molar-refractivity contribution in [3.8, 4) is 0 Å².